The van der Waals surface area contributed by atoms with E-state index in [2.05, 4.69) is 27.4 Å². The van der Waals surface area contributed by atoms with Gasteiger partial charge in [0.2, 0.25) is 0 Å². The zero-order valence-corrected chi connectivity index (χ0v) is 15.0. The molecule has 1 heterocycles. The van der Waals surface area contributed by atoms with Crippen LogP contribution in [0.2, 0.25) is 0 Å². The van der Waals surface area contributed by atoms with E-state index in [0.29, 0.717) is 11.5 Å². The molecule has 0 spiro atoms. The lowest BCUT2D eigenvalue weighted by Gasteiger charge is -2.38. The third-order valence-electron chi connectivity index (χ3n) is 5.23. The molecule has 4 rings (SSSR count). The first kappa shape index (κ1) is 17.5. The van der Waals surface area contributed by atoms with Crippen molar-refractivity contribution in [2.75, 3.05) is 0 Å². The first-order chi connectivity index (χ1) is 13.2. The van der Waals surface area contributed by atoms with E-state index < -0.39 is 0 Å². The number of carbonyl (C=O) groups is 1. The Morgan fingerprint density at radius 2 is 2.00 bits per heavy atom. The standard InChI is InChI=1S/C22H23N3O2/c26-19-13-18(14-19)20(11-15-5-2-1-3-6-15)25-22(27)17-8-4-7-16(12-17)21-23-9-10-24-21/h1-10,12,18-20,26H,11,13-14H2,(H,23,24)(H,25,27)/t18?,19?,20-/m1/s1. The minimum Gasteiger partial charge on any atom is -0.393 e. The number of imidazole rings is 1. The molecule has 3 aromatic rings. The fourth-order valence-electron chi connectivity index (χ4n) is 3.64. The van der Waals surface area contributed by atoms with Crippen LogP contribution in [-0.4, -0.2) is 33.1 Å². The van der Waals surface area contributed by atoms with Crippen LogP contribution in [0.3, 0.4) is 0 Å². The predicted molar refractivity (Wildman–Crippen MR) is 104 cm³/mol. The summed E-state index contributed by atoms with van der Waals surface area (Å²) in [7, 11) is 0. The van der Waals surface area contributed by atoms with Gasteiger partial charge in [-0.2, -0.15) is 0 Å². The van der Waals surface area contributed by atoms with E-state index >= 15 is 0 Å². The van der Waals surface area contributed by atoms with Gasteiger partial charge in [-0.25, -0.2) is 4.98 Å². The molecular formula is C22H23N3O2. The summed E-state index contributed by atoms with van der Waals surface area (Å²) in [6.45, 7) is 0. The van der Waals surface area contributed by atoms with Crippen LogP contribution in [0.1, 0.15) is 28.8 Å². The van der Waals surface area contributed by atoms with E-state index in [-0.39, 0.29) is 18.1 Å². The molecule has 1 aliphatic carbocycles. The van der Waals surface area contributed by atoms with Crippen molar-refractivity contribution in [1.82, 2.24) is 15.3 Å². The molecule has 1 aromatic heterocycles. The molecule has 0 bridgehead atoms. The highest BCUT2D eigenvalue weighted by Gasteiger charge is 2.34. The van der Waals surface area contributed by atoms with Crippen molar-refractivity contribution in [1.29, 1.82) is 0 Å². The number of amides is 1. The second-order valence-corrected chi connectivity index (χ2v) is 7.17. The molecular weight excluding hydrogens is 338 g/mol. The van der Waals surface area contributed by atoms with Gasteiger partial charge in [0.1, 0.15) is 5.82 Å². The average Bonchev–Trinajstić information content (AvgIpc) is 3.21. The largest absolute Gasteiger partial charge is 0.393 e. The Balaban J connectivity index is 1.50. The molecule has 5 nitrogen and oxygen atoms in total. The second kappa shape index (κ2) is 7.76. The monoisotopic (exact) mass is 361 g/mol. The number of aliphatic hydroxyl groups is 1. The minimum atomic E-state index is -0.243. The number of carbonyl (C=O) groups excluding carboxylic acids is 1. The molecule has 1 saturated carbocycles. The van der Waals surface area contributed by atoms with Crippen LogP contribution < -0.4 is 5.32 Å². The minimum absolute atomic E-state index is 0.00979. The zero-order valence-electron chi connectivity index (χ0n) is 15.0. The van der Waals surface area contributed by atoms with E-state index in [4.69, 9.17) is 0 Å². The fraction of sp³-hybridized carbons (Fsp3) is 0.273. The van der Waals surface area contributed by atoms with Crippen molar-refractivity contribution >= 4 is 5.91 Å². The molecule has 1 amide bonds. The SMILES string of the molecule is O=C(N[C@H](Cc1ccccc1)C1CC(O)C1)c1cccc(-c2ncc[nH]2)c1. The lowest BCUT2D eigenvalue weighted by Crippen LogP contribution is -2.48. The Kier molecular flexibility index (Phi) is 5.03. The van der Waals surface area contributed by atoms with E-state index in [1.54, 1.807) is 12.4 Å². The van der Waals surface area contributed by atoms with Crippen LogP contribution in [0.5, 0.6) is 0 Å². The Morgan fingerprint density at radius 3 is 2.70 bits per heavy atom. The third kappa shape index (κ3) is 4.09. The Hall–Kier alpha value is -2.92. The van der Waals surface area contributed by atoms with Gasteiger partial charge in [0.05, 0.1) is 6.10 Å². The Morgan fingerprint density at radius 1 is 1.19 bits per heavy atom. The van der Waals surface area contributed by atoms with Gasteiger partial charge >= 0.3 is 0 Å². The summed E-state index contributed by atoms with van der Waals surface area (Å²) in [6, 6.07) is 17.6. The highest BCUT2D eigenvalue weighted by atomic mass is 16.3. The van der Waals surface area contributed by atoms with E-state index in [0.717, 1.165) is 30.7 Å². The average molecular weight is 361 g/mol. The summed E-state index contributed by atoms with van der Waals surface area (Å²) in [6.07, 6.45) is 5.46. The molecule has 0 aliphatic heterocycles. The van der Waals surface area contributed by atoms with E-state index in [9.17, 15) is 9.90 Å². The summed E-state index contributed by atoms with van der Waals surface area (Å²) in [4.78, 5) is 20.2. The van der Waals surface area contributed by atoms with Gasteiger partial charge in [0.25, 0.3) is 5.91 Å². The topological polar surface area (TPSA) is 78.0 Å². The Labute approximate surface area is 158 Å². The number of aromatic amines is 1. The van der Waals surface area contributed by atoms with Crippen LogP contribution in [-0.2, 0) is 6.42 Å². The molecule has 1 atom stereocenters. The molecule has 0 saturated heterocycles. The van der Waals surface area contributed by atoms with Gasteiger partial charge < -0.3 is 15.4 Å². The molecule has 1 fully saturated rings. The highest BCUT2D eigenvalue weighted by Crippen LogP contribution is 2.32. The maximum atomic E-state index is 12.9. The zero-order chi connectivity index (χ0) is 18.6. The molecule has 0 unspecified atom stereocenters. The van der Waals surface area contributed by atoms with Gasteiger partial charge in [0, 0.05) is 29.6 Å². The number of nitrogens with zero attached hydrogens (tertiary/aromatic N) is 1. The lowest BCUT2D eigenvalue weighted by molar-refractivity contribution is 0.0239. The fourth-order valence-corrected chi connectivity index (χ4v) is 3.64. The maximum absolute atomic E-state index is 12.9. The number of aromatic nitrogens is 2. The van der Waals surface area contributed by atoms with Crippen molar-refractivity contribution in [2.45, 2.75) is 31.4 Å². The van der Waals surface area contributed by atoms with Gasteiger partial charge in [-0.05, 0) is 42.9 Å². The van der Waals surface area contributed by atoms with Crippen molar-refractivity contribution in [3.05, 3.63) is 78.1 Å². The van der Waals surface area contributed by atoms with Gasteiger partial charge in [0.15, 0.2) is 0 Å². The third-order valence-corrected chi connectivity index (χ3v) is 5.23. The number of hydrogen-bond acceptors (Lipinski definition) is 3. The number of aliphatic hydroxyl groups excluding tert-OH is 1. The van der Waals surface area contributed by atoms with E-state index in [1.165, 1.54) is 5.56 Å². The van der Waals surface area contributed by atoms with Crippen molar-refractivity contribution in [3.63, 3.8) is 0 Å². The smallest absolute Gasteiger partial charge is 0.251 e. The maximum Gasteiger partial charge on any atom is 0.251 e. The van der Waals surface area contributed by atoms with Gasteiger partial charge in [-0.3, -0.25) is 4.79 Å². The van der Waals surface area contributed by atoms with Gasteiger partial charge in [-0.1, -0.05) is 42.5 Å². The first-order valence-electron chi connectivity index (χ1n) is 9.31. The molecule has 1 aliphatic rings. The summed E-state index contributed by atoms with van der Waals surface area (Å²) in [5, 5.41) is 12.9. The summed E-state index contributed by atoms with van der Waals surface area (Å²) in [5.41, 5.74) is 2.68. The first-order valence-corrected chi connectivity index (χ1v) is 9.31. The summed E-state index contributed by atoms with van der Waals surface area (Å²) >= 11 is 0. The van der Waals surface area contributed by atoms with Crippen LogP contribution in [0.4, 0.5) is 0 Å². The van der Waals surface area contributed by atoms with Crippen LogP contribution in [0.15, 0.2) is 67.0 Å². The van der Waals surface area contributed by atoms with Crippen LogP contribution >= 0.6 is 0 Å². The molecule has 0 radical (unpaired) electrons. The number of hydrogen-bond donors (Lipinski definition) is 3. The number of rotatable bonds is 6. The summed E-state index contributed by atoms with van der Waals surface area (Å²) < 4.78 is 0. The molecule has 3 N–H and O–H groups in total. The number of H-pyrrole nitrogens is 1. The highest BCUT2D eigenvalue weighted by molar-refractivity contribution is 5.95. The van der Waals surface area contributed by atoms with Crippen molar-refractivity contribution in [3.8, 4) is 11.4 Å². The lowest BCUT2D eigenvalue weighted by atomic mass is 9.75. The predicted octanol–water partition coefficient (Wildman–Crippen LogP) is 3.19. The summed E-state index contributed by atoms with van der Waals surface area (Å²) in [5.74, 6) is 0.954. The quantitative estimate of drug-likeness (QED) is 0.631. The van der Waals surface area contributed by atoms with Gasteiger partial charge in [-0.15, -0.1) is 0 Å². The molecule has 2 aromatic carbocycles. The van der Waals surface area contributed by atoms with Crippen LogP contribution in [0.25, 0.3) is 11.4 Å². The number of benzene rings is 2. The Bertz CT molecular complexity index is 887. The van der Waals surface area contributed by atoms with E-state index in [1.807, 2.05) is 42.5 Å². The number of nitrogens with one attached hydrogen (secondary N) is 2. The normalized spacial score (nSPS) is 19.9. The second-order valence-electron chi connectivity index (χ2n) is 7.17. The van der Waals surface area contributed by atoms with Crippen LogP contribution in [0, 0.1) is 5.92 Å². The van der Waals surface area contributed by atoms with Crippen molar-refractivity contribution in [2.24, 2.45) is 5.92 Å². The molecule has 138 valence electrons. The molecule has 27 heavy (non-hydrogen) atoms. The molecule has 5 heteroatoms. The van der Waals surface area contributed by atoms with Crippen molar-refractivity contribution < 1.29 is 9.90 Å².